The SMILES string of the molecule is c1ccc(-c2ccc(-c3nc(-c4ccc(-c5ccccc5)cc4)nc(-c4cccc5oc6ccc(-n7c8ccccc8c8cc9c(cc87)sc7ccccc79)cc6c45)n3)cc2)cc1. The second-order valence-electron chi connectivity index (χ2n) is 16.0. The molecule has 0 radical (unpaired) electrons. The molecule has 0 saturated heterocycles. The van der Waals surface area contributed by atoms with Crippen molar-refractivity contribution in [1.29, 1.82) is 0 Å². The summed E-state index contributed by atoms with van der Waals surface area (Å²) in [6.07, 6.45) is 0. The molecule has 0 aliphatic heterocycles. The zero-order chi connectivity index (χ0) is 41.4. The van der Waals surface area contributed by atoms with E-state index in [0.717, 1.165) is 72.1 Å². The minimum Gasteiger partial charge on any atom is -0.456 e. The molecule has 0 fully saturated rings. The quantitative estimate of drug-likeness (QED) is 0.168. The standard InChI is InChI=1S/C57H34N4OS/c1-3-12-35(13-4-1)37-22-26-39(27-23-37)55-58-56(40-28-24-38(25-29-40)36-14-5-2-6-15-36)60-57(59-55)44-18-11-20-51-54(44)47-32-41(30-31-50(47)62-51)61-48-19-9-7-16-42(48)45-33-46-43-17-8-10-21-52(43)63-53(46)34-49(45)61/h1-34H. The Balaban J connectivity index is 0.997. The van der Waals surface area contributed by atoms with E-state index >= 15 is 0 Å². The van der Waals surface area contributed by atoms with Gasteiger partial charge in [0.2, 0.25) is 0 Å². The highest BCUT2D eigenvalue weighted by atomic mass is 32.1. The number of para-hydroxylation sites is 1. The molecule has 13 rings (SSSR count). The van der Waals surface area contributed by atoms with Crippen LogP contribution >= 0.6 is 11.3 Å². The van der Waals surface area contributed by atoms with Crippen molar-refractivity contribution < 1.29 is 4.42 Å². The lowest BCUT2D eigenvalue weighted by Gasteiger charge is -2.11. The first-order valence-electron chi connectivity index (χ1n) is 21.1. The molecular formula is C57H34N4OS. The van der Waals surface area contributed by atoms with Crippen LogP contribution in [0.2, 0.25) is 0 Å². The molecule has 0 amide bonds. The van der Waals surface area contributed by atoms with Crippen molar-refractivity contribution in [2.45, 2.75) is 0 Å². The molecule has 9 aromatic carbocycles. The number of nitrogens with zero attached hydrogens (tertiary/aromatic N) is 4. The first kappa shape index (κ1) is 35.6. The van der Waals surface area contributed by atoms with Gasteiger partial charge in [-0.2, -0.15) is 0 Å². The van der Waals surface area contributed by atoms with Crippen LogP contribution in [0.4, 0.5) is 0 Å². The monoisotopic (exact) mass is 822 g/mol. The van der Waals surface area contributed by atoms with Crippen LogP contribution in [0.3, 0.4) is 0 Å². The molecule has 0 atom stereocenters. The Morgan fingerprint density at radius 1 is 0.349 bits per heavy atom. The van der Waals surface area contributed by atoms with Gasteiger partial charge in [0.1, 0.15) is 11.2 Å². The van der Waals surface area contributed by atoms with Crippen LogP contribution in [0, 0.1) is 0 Å². The predicted octanol–water partition coefficient (Wildman–Crippen LogP) is 15.6. The summed E-state index contributed by atoms with van der Waals surface area (Å²) in [5, 5.41) is 7.01. The van der Waals surface area contributed by atoms with Crippen LogP contribution in [-0.2, 0) is 0 Å². The van der Waals surface area contributed by atoms with Gasteiger partial charge in [-0.25, -0.2) is 15.0 Å². The van der Waals surface area contributed by atoms with Gasteiger partial charge < -0.3 is 8.98 Å². The second kappa shape index (κ2) is 14.2. The molecule has 63 heavy (non-hydrogen) atoms. The Morgan fingerprint density at radius 3 is 1.63 bits per heavy atom. The first-order valence-corrected chi connectivity index (χ1v) is 21.9. The summed E-state index contributed by atoms with van der Waals surface area (Å²) in [6, 6.07) is 72.6. The third kappa shape index (κ3) is 5.87. The van der Waals surface area contributed by atoms with E-state index in [1.165, 1.54) is 36.5 Å². The lowest BCUT2D eigenvalue weighted by atomic mass is 10.0. The Labute approximate surface area is 365 Å². The summed E-state index contributed by atoms with van der Waals surface area (Å²) in [4.78, 5) is 15.6. The molecule has 5 nitrogen and oxygen atoms in total. The van der Waals surface area contributed by atoms with Gasteiger partial charge in [-0.1, -0.05) is 158 Å². The summed E-state index contributed by atoms with van der Waals surface area (Å²) in [6.45, 7) is 0. The summed E-state index contributed by atoms with van der Waals surface area (Å²) >= 11 is 1.85. The zero-order valence-corrected chi connectivity index (χ0v) is 34.6. The van der Waals surface area contributed by atoms with Crippen molar-refractivity contribution >= 4 is 75.3 Å². The smallest absolute Gasteiger partial charge is 0.164 e. The van der Waals surface area contributed by atoms with Crippen molar-refractivity contribution in [3.05, 3.63) is 206 Å². The topological polar surface area (TPSA) is 56.7 Å². The largest absolute Gasteiger partial charge is 0.456 e. The maximum atomic E-state index is 6.61. The van der Waals surface area contributed by atoms with Gasteiger partial charge in [-0.05, 0) is 70.8 Å². The van der Waals surface area contributed by atoms with Crippen LogP contribution in [0.25, 0.3) is 126 Å². The summed E-state index contributed by atoms with van der Waals surface area (Å²) < 4.78 is 11.6. The van der Waals surface area contributed by atoms with Crippen LogP contribution < -0.4 is 0 Å². The lowest BCUT2D eigenvalue weighted by Crippen LogP contribution is -2.00. The van der Waals surface area contributed by atoms with E-state index in [1.54, 1.807) is 0 Å². The highest BCUT2D eigenvalue weighted by Gasteiger charge is 2.21. The molecule has 0 aliphatic carbocycles. The molecule has 0 spiro atoms. The molecule has 0 bridgehead atoms. The Kier molecular flexibility index (Phi) is 8.01. The molecule has 13 aromatic rings. The highest BCUT2D eigenvalue weighted by molar-refractivity contribution is 7.25. The van der Waals surface area contributed by atoms with Gasteiger partial charge in [-0.15, -0.1) is 11.3 Å². The Morgan fingerprint density at radius 2 is 0.937 bits per heavy atom. The number of rotatable bonds is 6. The van der Waals surface area contributed by atoms with Gasteiger partial charge in [0, 0.05) is 64.1 Å². The summed E-state index contributed by atoms with van der Waals surface area (Å²) in [5.74, 6) is 1.78. The molecular weight excluding hydrogens is 789 g/mol. The number of benzene rings is 9. The zero-order valence-electron chi connectivity index (χ0n) is 33.7. The van der Waals surface area contributed by atoms with Crippen LogP contribution in [0.1, 0.15) is 0 Å². The molecule has 294 valence electrons. The van der Waals surface area contributed by atoms with E-state index in [-0.39, 0.29) is 0 Å². The molecule has 6 heteroatoms. The van der Waals surface area contributed by atoms with Gasteiger partial charge in [-0.3, -0.25) is 0 Å². The maximum Gasteiger partial charge on any atom is 0.164 e. The number of fused-ring (bicyclic) bond motifs is 9. The highest BCUT2D eigenvalue weighted by Crippen LogP contribution is 2.43. The fourth-order valence-electron chi connectivity index (χ4n) is 9.25. The number of hydrogen-bond donors (Lipinski definition) is 0. The van der Waals surface area contributed by atoms with E-state index in [9.17, 15) is 0 Å². The third-order valence-corrected chi connectivity index (χ3v) is 13.4. The predicted molar refractivity (Wildman–Crippen MR) is 262 cm³/mol. The van der Waals surface area contributed by atoms with E-state index in [0.29, 0.717) is 17.5 Å². The molecule has 0 aliphatic rings. The Bertz CT molecular complexity index is 3790. The Hall–Kier alpha value is -8.19. The average Bonchev–Trinajstić information content (AvgIpc) is 4.02. The van der Waals surface area contributed by atoms with E-state index in [1.807, 2.05) is 35.6 Å². The van der Waals surface area contributed by atoms with Crippen molar-refractivity contribution in [2.24, 2.45) is 0 Å². The number of aromatic nitrogens is 4. The number of furan rings is 1. The van der Waals surface area contributed by atoms with Crippen LogP contribution in [0.5, 0.6) is 0 Å². The van der Waals surface area contributed by atoms with E-state index in [2.05, 4.69) is 187 Å². The van der Waals surface area contributed by atoms with Crippen molar-refractivity contribution in [3.8, 4) is 62.1 Å². The van der Waals surface area contributed by atoms with Crippen LogP contribution in [-0.4, -0.2) is 19.5 Å². The fraction of sp³-hybridized carbons (Fsp3) is 0. The molecule has 0 N–H and O–H groups in total. The second-order valence-corrected chi connectivity index (χ2v) is 17.1. The molecule has 4 heterocycles. The van der Waals surface area contributed by atoms with Gasteiger partial charge >= 0.3 is 0 Å². The van der Waals surface area contributed by atoms with E-state index < -0.39 is 0 Å². The van der Waals surface area contributed by atoms with Crippen molar-refractivity contribution in [1.82, 2.24) is 19.5 Å². The van der Waals surface area contributed by atoms with Gasteiger partial charge in [0.15, 0.2) is 17.5 Å². The molecule has 0 saturated carbocycles. The minimum atomic E-state index is 0.581. The number of thiophene rings is 1. The van der Waals surface area contributed by atoms with E-state index in [4.69, 9.17) is 19.4 Å². The minimum absolute atomic E-state index is 0.581. The average molecular weight is 823 g/mol. The van der Waals surface area contributed by atoms with Gasteiger partial charge in [0.05, 0.1) is 11.0 Å². The maximum absolute atomic E-state index is 6.61. The first-order chi connectivity index (χ1) is 31.2. The summed E-state index contributed by atoms with van der Waals surface area (Å²) in [7, 11) is 0. The molecule has 4 aromatic heterocycles. The third-order valence-electron chi connectivity index (χ3n) is 12.3. The van der Waals surface area contributed by atoms with Gasteiger partial charge in [0.25, 0.3) is 0 Å². The number of hydrogen-bond acceptors (Lipinski definition) is 5. The fourth-order valence-corrected chi connectivity index (χ4v) is 10.4. The molecule has 0 unspecified atom stereocenters. The lowest BCUT2D eigenvalue weighted by molar-refractivity contribution is 0.669. The normalized spacial score (nSPS) is 11.8. The van der Waals surface area contributed by atoms with Crippen molar-refractivity contribution in [2.75, 3.05) is 0 Å². The summed E-state index contributed by atoms with van der Waals surface area (Å²) in [5.41, 5.74) is 12.2. The van der Waals surface area contributed by atoms with Crippen molar-refractivity contribution in [3.63, 3.8) is 0 Å². The van der Waals surface area contributed by atoms with Crippen LogP contribution in [0.15, 0.2) is 211 Å².